The molecular formula is C54H75N3O12S3. The predicted molar refractivity (Wildman–Crippen MR) is 277 cm³/mol. The Morgan fingerprint density at radius 1 is 0.472 bits per heavy atom. The summed E-state index contributed by atoms with van der Waals surface area (Å²) < 4.78 is 149. The third kappa shape index (κ3) is 9.87. The van der Waals surface area contributed by atoms with Crippen LogP contribution in [0.1, 0.15) is 176 Å². The molecule has 0 aliphatic heterocycles. The summed E-state index contributed by atoms with van der Waals surface area (Å²) in [4.78, 5) is 0. The first-order valence-electron chi connectivity index (χ1n) is 28.7. The van der Waals surface area contributed by atoms with Crippen molar-refractivity contribution in [3.63, 3.8) is 0 Å². The summed E-state index contributed by atoms with van der Waals surface area (Å²) in [6.45, 7) is 5.99. The van der Waals surface area contributed by atoms with E-state index in [0.717, 1.165) is 99.3 Å². The smallest absolute Gasteiger partial charge is 0.357 e. The topological polar surface area (TPSA) is 260 Å². The fourth-order valence-corrected chi connectivity index (χ4v) is 17.4. The molecule has 0 bridgehead atoms. The zero-order chi connectivity index (χ0) is 56.8. The van der Waals surface area contributed by atoms with Gasteiger partial charge in [0.05, 0.1) is 38.1 Å². The van der Waals surface area contributed by atoms with Crippen LogP contribution in [-0.4, -0.2) is 72.5 Å². The van der Waals surface area contributed by atoms with E-state index >= 15 is 0 Å². The van der Waals surface area contributed by atoms with Crippen LogP contribution >= 0.6 is 0 Å². The van der Waals surface area contributed by atoms with Crippen molar-refractivity contribution >= 4 is 48.0 Å². The zero-order valence-electron chi connectivity index (χ0n) is 47.1. The van der Waals surface area contributed by atoms with Crippen molar-refractivity contribution in [2.75, 3.05) is 14.2 Å². The van der Waals surface area contributed by atoms with Crippen LogP contribution in [0.25, 0.3) is 0 Å². The first-order valence-corrected chi connectivity index (χ1v) is 30.1. The highest BCUT2D eigenvalue weighted by atomic mass is 32.2. The molecule has 9 N–H and O–H groups in total. The molecule has 9 aliphatic rings. The molecule has 0 unspecified atom stereocenters. The van der Waals surface area contributed by atoms with Crippen molar-refractivity contribution in [2.45, 2.75) is 172 Å². The second-order valence-corrected chi connectivity index (χ2v) is 26.7. The van der Waals surface area contributed by atoms with Gasteiger partial charge in [-0.2, -0.15) is 25.3 Å². The molecule has 72 heavy (non-hydrogen) atoms. The standard InChI is InChI=1S/3C18H25NO4S/c3*1-18-9-8-14-13-5-3-12(19-24(21,22)23)10-11(13)2-4-15(14)16(18)6-7-17(18)20/h3*3,5,10,14-17,19-20H,2,4,6-9H2,1H3,(H,21,22,23)/t3*14-,15-,16+,17+,18+/m111/s1/i7D2,17D;17D;7D2. The van der Waals surface area contributed by atoms with Crippen LogP contribution in [0.5, 0.6) is 0 Å². The summed E-state index contributed by atoms with van der Waals surface area (Å²) in [5.41, 5.74) is 6.49. The van der Waals surface area contributed by atoms with Crippen molar-refractivity contribution in [3.8, 4) is 0 Å². The highest BCUT2D eigenvalue weighted by molar-refractivity contribution is 7.87. The zero-order valence-corrected chi connectivity index (χ0v) is 43.6. The molecule has 0 heterocycles. The van der Waals surface area contributed by atoms with Crippen molar-refractivity contribution in [3.05, 3.63) is 88.0 Å². The molecule has 12 rings (SSSR count). The van der Waals surface area contributed by atoms with Gasteiger partial charge in [-0.05, 0) is 255 Å². The normalized spacial score (nSPS) is 42.8. The molecule has 18 heteroatoms. The molecule has 0 aromatic heterocycles. The van der Waals surface area contributed by atoms with Gasteiger partial charge in [-0.3, -0.25) is 27.8 Å². The van der Waals surface area contributed by atoms with Gasteiger partial charge in [-0.15, -0.1) is 0 Å². The lowest BCUT2D eigenvalue weighted by molar-refractivity contribution is -0.0226. The molecule has 396 valence electrons. The second kappa shape index (κ2) is 19.0. The predicted octanol–water partition coefficient (Wildman–Crippen LogP) is 9.35. The molecule has 0 radical (unpaired) electrons. The van der Waals surface area contributed by atoms with Crippen molar-refractivity contribution in [1.29, 1.82) is 0 Å². The Hall–Kier alpha value is -3.33. The first kappa shape index (κ1) is 44.9. The highest BCUT2D eigenvalue weighted by Crippen LogP contribution is 2.64. The molecular weight excluding hydrogens is 979 g/mol. The molecule has 3 aromatic carbocycles. The second-order valence-electron chi connectivity index (χ2n) is 23.2. The Bertz CT molecular complexity index is 3210. The van der Waals surface area contributed by atoms with E-state index in [1.807, 2.05) is 38.1 Å². The number of fused-ring (bicyclic) bond motifs is 15. The molecule has 15 nitrogen and oxygen atoms in total. The third-order valence-corrected chi connectivity index (χ3v) is 21.2. The molecule has 0 spiro atoms. The van der Waals surface area contributed by atoms with E-state index in [4.69, 9.17) is 21.9 Å². The summed E-state index contributed by atoms with van der Waals surface area (Å²) in [6.07, 6.45) is 4.29. The summed E-state index contributed by atoms with van der Waals surface area (Å²) in [5.74, 6) is 2.44. The lowest BCUT2D eigenvalue weighted by Gasteiger charge is -2.50. The fourth-order valence-electron chi connectivity index (χ4n) is 16.1. The largest absolute Gasteiger partial charge is 0.393 e. The molecule has 0 saturated heterocycles. The van der Waals surface area contributed by atoms with Gasteiger partial charge in [0.15, 0.2) is 0 Å². The number of aliphatic hydroxyl groups is 3. The maximum Gasteiger partial charge on any atom is 0.357 e. The molecule has 9 aliphatic carbocycles. The Balaban J connectivity index is 0.000000132. The van der Waals surface area contributed by atoms with E-state index in [1.165, 1.54) is 11.1 Å². The van der Waals surface area contributed by atoms with Crippen LogP contribution in [-0.2, 0) is 50.2 Å². The van der Waals surface area contributed by atoms with Crippen LogP contribution in [0.15, 0.2) is 54.6 Å². The van der Waals surface area contributed by atoms with Crippen LogP contribution in [0.4, 0.5) is 17.1 Å². The van der Waals surface area contributed by atoms with Gasteiger partial charge in [-0.1, -0.05) is 39.0 Å². The minimum Gasteiger partial charge on any atom is -0.393 e. The number of hydrogen-bond donors (Lipinski definition) is 9. The van der Waals surface area contributed by atoms with Gasteiger partial charge >= 0.3 is 30.9 Å². The van der Waals surface area contributed by atoms with E-state index in [-0.39, 0.29) is 40.9 Å². The number of aryl methyl sites for hydroxylation is 3. The molecule has 6 fully saturated rings. The number of benzene rings is 3. The van der Waals surface area contributed by atoms with Gasteiger partial charge < -0.3 is 15.3 Å². The monoisotopic (exact) mass is 1060 g/mol. The molecule has 0 amide bonds. The lowest BCUT2D eigenvalue weighted by atomic mass is 9.55. The highest BCUT2D eigenvalue weighted by Gasteiger charge is 2.57. The third-order valence-electron chi connectivity index (χ3n) is 19.7. The van der Waals surface area contributed by atoms with Gasteiger partial charge in [0.25, 0.3) is 0 Å². The van der Waals surface area contributed by atoms with Crippen LogP contribution in [0.3, 0.4) is 0 Å². The summed E-state index contributed by atoms with van der Waals surface area (Å²) >= 11 is 0. The van der Waals surface area contributed by atoms with E-state index in [9.17, 15) is 40.6 Å². The van der Waals surface area contributed by atoms with Crippen molar-refractivity contribution < 1.29 is 62.5 Å². The van der Waals surface area contributed by atoms with Gasteiger partial charge in [0, 0.05) is 5.48 Å². The minimum atomic E-state index is -4.31. The average molecular weight is 1060 g/mol. The van der Waals surface area contributed by atoms with Crippen LogP contribution in [0, 0.1) is 51.8 Å². The van der Waals surface area contributed by atoms with Crippen molar-refractivity contribution in [1.82, 2.24) is 0 Å². The minimum absolute atomic E-state index is 0.0579. The van der Waals surface area contributed by atoms with Gasteiger partial charge in [0.1, 0.15) is 0 Å². The van der Waals surface area contributed by atoms with Crippen LogP contribution in [0.2, 0.25) is 0 Å². The Kier molecular flexibility index (Phi) is 11.9. The van der Waals surface area contributed by atoms with E-state index in [1.54, 1.807) is 30.3 Å². The summed E-state index contributed by atoms with van der Waals surface area (Å²) in [7, 11) is -12.9. The molecule has 3 aromatic rings. The van der Waals surface area contributed by atoms with Crippen molar-refractivity contribution in [2.24, 2.45) is 51.8 Å². The Labute approximate surface area is 434 Å². The Morgan fingerprint density at radius 3 is 1.22 bits per heavy atom. The quantitative estimate of drug-likeness (QED) is 0.105. The first-order chi connectivity index (χ1) is 36.0. The fraction of sp³-hybridized carbons (Fsp3) is 0.667. The molecule has 15 atom stereocenters. The summed E-state index contributed by atoms with van der Waals surface area (Å²) in [6, 6.07) is 16.2. The van der Waals surface area contributed by atoms with Gasteiger partial charge in [0.2, 0.25) is 0 Å². The maximum absolute atomic E-state index is 11.0. The number of aliphatic hydroxyl groups excluding tert-OH is 1. The number of rotatable bonds is 6. The number of nitrogens with one attached hydrogen (secondary N) is 3. The maximum atomic E-state index is 11.0. The van der Waals surface area contributed by atoms with Crippen LogP contribution < -0.4 is 14.2 Å². The van der Waals surface area contributed by atoms with Gasteiger partial charge in [-0.25, -0.2) is 0 Å². The Morgan fingerprint density at radius 2 is 0.819 bits per heavy atom. The van der Waals surface area contributed by atoms with E-state index < -0.39 is 67.3 Å². The average Bonchev–Trinajstić information content (AvgIpc) is 3.67. The molecule has 6 saturated carbocycles. The summed E-state index contributed by atoms with van der Waals surface area (Å²) in [5, 5.41) is 31.8. The van der Waals surface area contributed by atoms with E-state index in [0.29, 0.717) is 65.9 Å². The SMILES string of the molecule is [2H]C1([2H])C[C@H]2[C@@H]3CCc4cc(NS(=O)(=O)O)ccc4[C@H]3CC[C@]2(C)[C@@]1([2H])O.[2H]C1([2H])C[C@H]2[C@@H]3CCc4cc(NS(=O)(=O)O)ccc4[C@H]3CC[C@]2(C)[C@H]1O.[2H][C@]1(O)CC[C@H]2[C@@H]3CCc4cc(NS(=O)(=O)O)ccc4[C@H]3CC[C@@]21C. The lowest BCUT2D eigenvalue weighted by Crippen LogP contribution is -2.43. The number of hydrogen-bond acceptors (Lipinski definition) is 9. The van der Waals surface area contributed by atoms with E-state index in [2.05, 4.69) is 21.1 Å². The number of anilines is 3.